The first-order chi connectivity index (χ1) is 22.8. The normalized spacial score (nSPS) is 12.3. The number of hydrogen-bond donors (Lipinski definition) is 0. The second-order valence-electron chi connectivity index (χ2n) is 12.4. The van der Waals surface area contributed by atoms with Gasteiger partial charge in [0.25, 0.3) is 0 Å². The van der Waals surface area contributed by atoms with E-state index in [2.05, 4.69) is 146 Å². The first-order valence-electron chi connectivity index (χ1n) is 15.8. The Labute approximate surface area is 267 Å². The summed E-state index contributed by atoms with van der Waals surface area (Å²) in [5.74, 6) is 0. The van der Waals surface area contributed by atoms with Crippen molar-refractivity contribution in [3.63, 3.8) is 0 Å². The van der Waals surface area contributed by atoms with Crippen LogP contribution in [0, 0.1) is 0 Å². The summed E-state index contributed by atoms with van der Waals surface area (Å²) >= 11 is 1.88. The number of hydrogen-bond acceptors (Lipinski definition) is 2. The van der Waals surface area contributed by atoms with Crippen LogP contribution in [0.5, 0.6) is 0 Å². The van der Waals surface area contributed by atoms with Gasteiger partial charge in [0.2, 0.25) is 0 Å². The molecule has 0 aliphatic heterocycles. The van der Waals surface area contributed by atoms with Gasteiger partial charge in [0.1, 0.15) is 11.2 Å². The second kappa shape index (κ2) is 8.94. The molecule has 46 heavy (non-hydrogen) atoms. The molecule has 9 aromatic carbocycles. The molecule has 0 atom stereocenters. The van der Waals surface area contributed by atoms with Crippen LogP contribution in [0.1, 0.15) is 0 Å². The highest BCUT2D eigenvalue weighted by atomic mass is 32.1. The predicted molar refractivity (Wildman–Crippen MR) is 199 cm³/mol. The van der Waals surface area contributed by atoms with Crippen LogP contribution in [0.2, 0.25) is 0 Å². The molecule has 1 nitrogen and oxygen atoms in total. The molecule has 0 spiro atoms. The summed E-state index contributed by atoms with van der Waals surface area (Å²) in [7, 11) is 0. The van der Waals surface area contributed by atoms with Crippen LogP contribution < -0.4 is 0 Å². The van der Waals surface area contributed by atoms with Gasteiger partial charge in [-0.1, -0.05) is 103 Å². The molecule has 0 bridgehead atoms. The fourth-order valence-electron chi connectivity index (χ4n) is 8.01. The van der Waals surface area contributed by atoms with Crippen LogP contribution >= 0.6 is 11.3 Å². The molecule has 0 N–H and O–H groups in total. The van der Waals surface area contributed by atoms with Gasteiger partial charge in [0.05, 0.1) is 0 Å². The Kier molecular flexibility index (Phi) is 4.78. The topological polar surface area (TPSA) is 13.1 Å². The van der Waals surface area contributed by atoms with Crippen LogP contribution in [-0.2, 0) is 0 Å². The monoisotopic (exact) mass is 600 g/mol. The lowest BCUT2D eigenvalue weighted by Gasteiger charge is -2.19. The molecule has 0 saturated carbocycles. The van der Waals surface area contributed by atoms with E-state index in [1.165, 1.54) is 96.3 Å². The molecule has 11 aromatic rings. The fraction of sp³-hybridized carbons (Fsp3) is 0. The van der Waals surface area contributed by atoms with Crippen molar-refractivity contribution >= 4 is 96.5 Å². The van der Waals surface area contributed by atoms with Gasteiger partial charge in [-0.3, -0.25) is 0 Å². The van der Waals surface area contributed by atoms with Gasteiger partial charge in [-0.15, -0.1) is 11.3 Å². The van der Waals surface area contributed by atoms with Crippen LogP contribution in [0.15, 0.2) is 150 Å². The van der Waals surface area contributed by atoms with E-state index in [0.29, 0.717) is 0 Å². The van der Waals surface area contributed by atoms with Crippen molar-refractivity contribution in [3.05, 3.63) is 146 Å². The maximum absolute atomic E-state index is 6.34. The molecule has 2 heterocycles. The van der Waals surface area contributed by atoms with Crippen molar-refractivity contribution in [2.45, 2.75) is 0 Å². The molecule has 2 heteroatoms. The Morgan fingerprint density at radius 3 is 1.80 bits per heavy atom. The highest BCUT2D eigenvalue weighted by molar-refractivity contribution is 7.25. The lowest BCUT2D eigenvalue weighted by Crippen LogP contribution is -1.91. The maximum atomic E-state index is 6.34. The molecule has 0 fully saturated rings. The molecule has 0 amide bonds. The van der Waals surface area contributed by atoms with E-state index < -0.39 is 0 Å². The summed E-state index contributed by atoms with van der Waals surface area (Å²) in [6.45, 7) is 0. The largest absolute Gasteiger partial charge is 0.456 e. The van der Waals surface area contributed by atoms with Crippen LogP contribution in [0.3, 0.4) is 0 Å². The smallest absolute Gasteiger partial charge is 0.136 e. The van der Waals surface area contributed by atoms with Crippen molar-refractivity contribution in [2.24, 2.45) is 0 Å². The third kappa shape index (κ3) is 3.24. The minimum absolute atomic E-state index is 0.944. The molecule has 11 rings (SSSR count). The molecule has 0 unspecified atom stereocenters. The lowest BCUT2D eigenvalue weighted by atomic mass is 9.84. The van der Waals surface area contributed by atoms with Crippen molar-refractivity contribution < 1.29 is 4.42 Å². The zero-order valence-electron chi connectivity index (χ0n) is 24.7. The molecule has 0 aliphatic carbocycles. The SMILES string of the molecule is c1ccc2cc3c(cc2c1)sc1ccc(-c2c4ccccc4c(-c4ccc5oc6cccc7ccc4c5c76)c4ccccc24)cc13. The molecule has 212 valence electrons. The van der Waals surface area contributed by atoms with Gasteiger partial charge in [0.15, 0.2) is 0 Å². The predicted octanol–water partition coefficient (Wildman–Crippen LogP) is 13.3. The minimum atomic E-state index is 0.944. The van der Waals surface area contributed by atoms with Crippen molar-refractivity contribution in [1.82, 2.24) is 0 Å². The minimum Gasteiger partial charge on any atom is -0.456 e. The van der Waals surface area contributed by atoms with Gasteiger partial charge in [-0.2, -0.15) is 0 Å². The highest BCUT2D eigenvalue weighted by Gasteiger charge is 2.21. The summed E-state index contributed by atoms with van der Waals surface area (Å²) in [5, 5.41) is 15.2. The quantitative estimate of drug-likeness (QED) is 0.142. The Morgan fingerprint density at radius 2 is 1.02 bits per heavy atom. The third-order valence-corrected chi connectivity index (χ3v) is 11.1. The molecular formula is C44H24OS. The zero-order chi connectivity index (χ0) is 29.9. The number of furan rings is 1. The number of thiophene rings is 1. The molecule has 0 radical (unpaired) electrons. The highest BCUT2D eigenvalue weighted by Crippen LogP contribution is 2.48. The summed E-state index contributed by atoms with van der Waals surface area (Å²) < 4.78 is 9.00. The van der Waals surface area contributed by atoms with E-state index in [0.717, 1.165) is 11.2 Å². The van der Waals surface area contributed by atoms with Gasteiger partial charge in [-0.05, 0) is 108 Å². The Hall–Kier alpha value is -5.70. The Morgan fingerprint density at radius 1 is 0.370 bits per heavy atom. The average Bonchev–Trinajstić information content (AvgIpc) is 3.67. The molecule has 0 aliphatic rings. The summed E-state index contributed by atoms with van der Waals surface area (Å²) in [6.07, 6.45) is 0. The van der Waals surface area contributed by atoms with Gasteiger partial charge in [-0.25, -0.2) is 0 Å². The summed E-state index contributed by atoms with van der Waals surface area (Å²) in [5.41, 5.74) is 6.95. The van der Waals surface area contributed by atoms with Gasteiger partial charge >= 0.3 is 0 Å². The van der Waals surface area contributed by atoms with E-state index >= 15 is 0 Å². The van der Waals surface area contributed by atoms with Gasteiger partial charge in [0, 0.05) is 30.9 Å². The van der Waals surface area contributed by atoms with E-state index in [9.17, 15) is 0 Å². The first kappa shape index (κ1) is 24.6. The number of rotatable bonds is 2. The van der Waals surface area contributed by atoms with Crippen molar-refractivity contribution in [1.29, 1.82) is 0 Å². The Bertz CT molecular complexity index is 2970. The molecule has 0 saturated heterocycles. The number of fused-ring (bicyclic) bond motifs is 6. The van der Waals surface area contributed by atoms with E-state index in [1.807, 2.05) is 11.3 Å². The van der Waals surface area contributed by atoms with Crippen molar-refractivity contribution in [2.75, 3.05) is 0 Å². The van der Waals surface area contributed by atoms with E-state index in [4.69, 9.17) is 4.42 Å². The summed E-state index contributed by atoms with van der Waals surface area (Å²) in [6, 6.07) is 53.7. The van der Waals surface area contributed by atoms with E-state index in [1.54, 1.807) is 0 Å². The first-order valence-corrected chi connectivity index (χ1v) is 16.6. The molecular weight excluding hydrogens is 577 g/mol. The standard InChI is InChI=1S/C44H24OS/c1-2-9-27-24-40-36(22-26(27)8-1)35-23-28(17-21-39(35)46-40)41-29-11-3-5-13-31(29)43(32-14-6-4-12-30(32)41)33-19-20-38-44-34(33)18-16-25-10-7-15-37(45-38)42(25)44/h1-24H. The van der Waals surface area contributed by atoms with Crippen LogP contribution in [0.25, 0.3) is 107 Å². The second-order valence-corrected chi connectivity index (χ2v) is 13.5. The van der Waals surface area contributed by atoms with Crippen LogP contribution in [-0.4, -0.2) is 0 Å². The molecule has 2 aromatic heterocycles. The maximum Gasteiger partial charge on any atom is 0.136 e. The lowest BCUT2D eigenvalue weighted by molar-refractivity contribution is 0.669. The number of benzene rings is 9. The van der Waals surface area contributed by atoms with E-state index in [-0.39, 0.29) is 0 Å². The Balaban J connectivity index is 1.24. The third-order valence-electron chi connectivity index (χ3n) is 9.99. The van der Waals surface area contributed by atoms with Gasteiger partial charge < -0.3 is 4.42 Å². The zero-order valence-corrected chi connectivity index (χ0v) is 25.5. The van der Waals surface area contributed by atoms with Crippen LogP contribution in [0.4, 0.5) is 0 Å². The average molecular weight is 601 g/mol. The van der Waals surface area contributed by atoms with Crippen molar-refractivity contribution in [3.8, 4) is 22.3 Å². The fourth-order valence-corrected chi connectivity index (χ4v) is 9.13. The summed E-state index contributed by atoms with van der Waals surface area (Å²) in [4.78, 5) is 0.